The lowest BCUT2D eigenvalue weighted by Gasteiger charge is -2.42. The van der Waals surface area contributed by atoms with Crippen LogP contribution in [-0.4, -0.2) is 23.3 Å². The van der Waals surface area contributed by atoms with Crippen LogP contribution in [0.3, 0.4) is 0 Å². The zero-order valence-electron chi connectivity index (χ0n) is 29.1. The summed E-state index contributed by atoms with van der Waals surface area (Å²) in [4.78, 5) is 66.3. The van der Waals surface area contributed by atoms with E-state index >= 15 is 19.2 Å². The number of amides is 1. The molecule has 4 aliphatic rings. The van der Waals surface area contributed by atoms with Gasteiger partial charge in [0.25, 0.3) is 5.91 Å². The van der Waals surface area contributed by atoms with Gasteiger partial charge in [0.1, 0.15) is 5.41 Å². The van der Waals surface area contributed by atoms with Gasteiger partial charge >= 0.3 is 0 Å². The molecule has 0 N–H and O–H groups in total. The van der Waals surface area contributed by atoms with Crippen LogP contribution in [0.15, 0.2) is 181 Å². The zero-order chi connectivity index (χ0) is 36.7. The van der Waals surface area contributed by atoms with E-state index in [4.69, 9.17) is 0 Å². The standard InChI is InChI=1S/C48H30N2O4/c1-29-25-27-33(28-26-29)49-42-34-21-11-13-23-36(34)45(52)39(42)48(40-43(49)35-22-12-14-24-37(35)46(40)53)38(44(51)31-17-7-3-8-18-31)41(30-15-5-2-6-16-30)50(47(48)54)32-19-9-4-10-20-32/h2-28H,1H3. The highest BCUT2D eigenvalue weighted by molar-refractivity contribution is 6.43. The van der Waals surface area contributed by atoms with Crippen LogP contribution in [0.4, 0.5) is 11.4 Å². The number of anilines is 2. The van der Waals surface area contributed by atoms with Gasteiger partial charge in [-0.05, 0) is 36.8 Å². The molecule has 2 heterocycles. The average Bonchev–Trinajstić information content (AvgIpc) is 3.79. The van der Waals surface area contributed by atoms with Crippen LogP contribution in [0.2, 0.25) is 0 Å². The second-order valence-corrected chi connectivity index (χ2v) is 13.9. The number of hydrogen-bond donors (Lipinski definition) is 0. The first-order valence-electron chi connectivity index (χ1n) is 17.9. The van der Waals surface area contributed by atoms with Gasteiger partial charge in [-0.15, -0.1) is 0 Å². The lowest BCUT2D eigenvalue weighted by atomic mass is 9.62. The molecule has 0 saturated heterocycles. The molecule has 54 heavy (non-hydrogen) atoms. The number of Topliss-reactive ketones (excluding diaryl/α,β-unsaturated/α-hetero) is 3. The third-order valence-electron chi connectivity index (χ3n) is 11.0. The monoisotopic (exact) mass is 698 g/mol. The smallest absolute Gasteiger partial charge is 0.251 e. The van der Waals surface area contributed by atoms with Crippen molar-refractivity contribution in [2.75, 3.05) is 9.80 Å². The van der Waals surface area contributed by atoms with E-state index in [9.17, 15) is 0 Å². The van der Waals surface area contributed by atoms with Gasteiger partial charge < -0.3 is 4.90 Å². The molecule has 2 aliphatic carbocycles. The van der Waals surface area contributed by atoms with Gasteiger partial charge in [0.2, 0.25) is 0 Å². The Kier molecular flexibility index (Phi) is 6.82. The zero-order valence-corrected chi connectivity index (χ0v) is 29.1. The minimum Gasteiger partial charge on any atom is -0.308 e. The van der Waals surface area contributed by atoms with Gasteiger partial charge in [-0.25, -0.2) is 0 Å². The summed E-state index contributed by atoms with van der Waals surface area (Å²) in [6, 6.07) is 49.8. The molecule has 6 heteroatoms. The van der Waals surface area contributed by atoms with E-state index in [0.717, 1.165) is 11.3 Å². The molecule has 1 spiro atoms. The molecule has 10 rings (SSSR count). The van der Waals surface area contributed by atoms with Crippen molar-refractivity contribution in [1.82, 2.24) is 0 Å². The second-order valence-electron chi connectivity index (χ2n) is 13.9. The molecular weight excluding hydrogens is 669 g/mol. The number of carbonyl (C=O) groups excluding carboxylic acids is 4. The summed E-state index contributed by atoms with van der Waals surface area (Å²) in [5.41, 5.74) is 4.68. The SMILES string of the molecule is Cc1ccc(N2C3=C(C(=O)c4ccccc43)C3(C(=O)N(c4ccccc4)C(c4ccccc4)=C3C(=O)c3ccccc3)C3=C2c2ccccc2C3=O)cc1. The van der Waals surface area contributed by atoms with Crippen LogP contribution in [0.5, 0.6) is 0 Å². The highest BCUT2D eigenvalue weighted by Crippen LogP contribution is 2.66. The maximum absolute atomic E-state index is 16.3. The fraction of sp³-hybridized carbons (Fsp3) is 0.0417. The van der Waals surface area contributed by atoms with E-state index in [0.29, 0.717) is 56.2 Å². The molecule has 0 aromatic heterocycles. The summed E-state index contributed by atoms with van der Waals surface area (Å²) in [5, 5.41) is 0. The molecule has 256 valence electrons. The van der Waals surface area contributed by atoms with E-state index in [1.807, 2.05) is 127 Å². The number of hydrogen-bond acceptors (Lipinski definition) is 5. The molecule has 2 aliphatic heterocycles. The maximum Gasteiger partial charge on any atom is 0.251 e. The van der Waals surface area contributed by atoms with Crippen molar-refractivity contribution in [3.8, 4) is 0 Å². The fourth-order valence-electron chi connectivity index (χ4n) is 8.71. The Morgan fingerprint density at radius 3 is 1.44 bits per heavy atom. The van der Waals surface area contributed by atoms with Crippen LogP contribution in [0.1, 0.15) is 53.3 Å². The predicted octanol–water partition coefficient (Wildman–Crippen LogP) is 9.36. The van der Waals surface area contributed by atoms with Crippen molar-refractivity contribution >= 4 is 51.7 Å². The maximum atomic E-state index is 16.3. The van der Waals surface area contributed by atoms with E-state index in [1.54, 1.807) is 53.4 Å². The van der Waals surface area contributed by atoms with E-state index in [1.165, 1.54) is 0 Å². The van der Waals surface area contributed by atoms with Crippen molar-refractivity contribution in [3.63, 3.8) is 0 Å². The van der Waals surface area contributed by atoms with Crippen molar-refractivity contribution < 1.29 is 19.2 Å². The van der Waals surface area contributed by atoms with Crippen molar-refractivity contribution in [2.45, 2.75) is 6.92 Å². The highest BCUT2D eigenvalue weighted by Gasteiger charge is 2.69. The Balaban J connectivity index is 1.43. The molecular formula is C48H30N2O4. The number of carbonyl (C=O) groups is 4. The Labute approximate surface area is 311 Å². The molecule has 0 fully saturated rings. The number of nitrogens with zero attached hydrogens (tertiary/aromatic N) is 2. The quantitative estimate of drug-likeness (QED) is 0.168. The summed E-state index contributed by atoms with van der Waals surface area (Å²) in [7, 11) is 0. The number of ketones is 3. The first-order valence-corrected chi connectivity index (χ1v) is 17.9. The fourth-order valence-corrected chi connectivity index (χ4v) is 8.71. The Morgan fingerprint density at radius 2 is 0.907 bits per heavy atom. The summed E-state index contributed by atoms with van der Waals surface area (Å²) in [6.07, 6.45) is 0. The molecule has 0 saturated carbocycles. The minimum absolute atomic E-state index is 0.0691. The molecule has 0 unspecified atom stereocenters. The van der Waals surface area contributed by atoms with Gasteiger partial charge in [-0.2, -0.15) is 0 Å². The largest absolute Gasteiger partial charge is 0.308 e. The lowest BCUT2D eigenvalue weighted by Crippen LogP contribution is -2.48. The number of para-hydroxylation sites is 1. The molecule has 6 aromatic carbocycles. The number of fused-ring (bicyclic) bond motifs is 6. The summed E-state index contributed by atoms with van der Waals surface area (Å²) >= 11 is 0. The second kappa shape index (κ2) is 11.7. The van der Waals surface area contributed by atoms with Crippen molar-refractivity contribution in [1.29, 1.82) is 0 Å². The Hall–Kier alpha value is -7.18. The first kappa shape index (κ1) is 31.5. The molecule has 6 nitrogen and oxygen atoms in total. The van der Waals surface area contributed by atoms with Gasteiger partial charge in [-0.3, -0.25) is 24.1 Å². The predicted molar refractivity (Wildman–Crippen MR) is 210 cm³/mol. The molecule has 0 bridgehead atoms. The van der Waals surface area contributed by atoms with Crippen LogP contribution in [0, 0.1) is 12.3 Å². The van der Waals surface area contributed by atoms with Crippen LogP contribution < -0.4 is 9.80 Å². The van der Waals surface area contributed by atoms with Crippen molar-refractivity contribution in [3.05, 3.63) is 219 Å². The van der Waals surface area contributed by atoms with Crippen molar-refractivity contribution in [2.24, 2.45) is 5.41 Å². The van der Waals surface area contributed by atoms with E-state index in [2.05, 4.69) is 0 Å². The van der Waals surface area contributed by atoms with Gasteiger partial charge in [0, 0.05) is 55.9 Å². The molecule has 1 amide bonds. The Morgan fingerprint density at radius 1 is 0.463 bits per heavy atom. The summed E-state index contributed by atoms with van der Waals surface area (Å²) in [6.45, 7) is 2.00. The summed E-state index contributed by atoms with van der Waals surface area (Å²) in [5.74, 6) is -1.81. The van der Waals surface area contributed by atoms with E-state index < -0.39 is 28.7 Å². The van der Waals surface area contributed by atoms with Gasteiger partial charge in [0.05, 0.1) is 17.1 Å². The third kappa shape index (κ3) is 4.10. The highest BCUT2D eigenvalue weighted by atomic mass is 16.2. The van der Waals surface area contributed by atoms with Crippen LogP contribution in [0.25, 0.3) is 17.1 Å². The lowest BCUT2D eigenvalue weighted by molar-refractivity contribution is -0.121. The average molecular weight is 699 g/mol. The molecule has 0 radical (unpaired) electrons. The van der Waals surface area contributed by atoms with Gasteiger partial charge in [0.15, 0.2) is 17.3 Å². The van der Waals surface area contributed by atoms with Gasteiger partial charge in [-0.1, -0.05) is 145 Å². The number of benzene rings is 6. The summed E-state index contributed by atoms with van der Waals surface area (Å²) < 4.78 is 0. The molecule has 6 aromatic rings. The number of aryl methyl sites for hydroxylation is 1. The Bertz CT molecular complexity index is 2640. The van der Waals surface area contributed by atoms with Crippen LogP contribution in [-0.2, 0) is 4.79 Å². The number of rotatable bonds is 5. The van der Waals surface area contributed by atoms with E-state index in [-0.39, 0.29) is 16.7 Å². The normalized spacial score (nSPS) is 16.6. The third-order valence-corrected chi connectivity index (χ3v) is 11.0. The topological polar surface area (TPSA) is 74.8 Å². The van der Waals surface area contributed by atoms with Crippen LogP contribution >= 0.6 is 0 Å². The minimum atomic E-state index is -2.13. The molecule has 0 atom stereocenters. The first-order chi connectivity index (χ1) is 26.4.